The zero-order valence-electron chi connectivity index (χ0n) is 12.5. The lowest BCUT2D eigenvalue weighted by Crippen LogP contribution is -2.13. The summed E-state index contributed by atoms with van der Waals surface area (Å²) in [7, 11) is 0. The summed E-state index contributed by atoms with van der Waals surface area (Å²) in [6, 6.07) is 9.99. The minimum Gasteiger partial charge on any atom is -0.319 e. The van der Waals surface area contributed by atoms with E-state index in [1.165, 1.54) is 10.9 Å². The Morgan fingerprint density at radius 3 is 2.90 bits per heavy atom. The third-order valence-corrected chi connectivity index (χ3v) is 3.73. The Morgan fingerprint density at radius 2 is 2.10 bits per heavy atom. The molecule has 1 aromatic carbocycles. The molecule has 2 heterocycles. The highest BCUT2D eigenvalue weighted by Gasteiger charge is 2.14. The molecule has 1 atom stereocenters. The number of hydrogen-bond donors (Lipinski definition) is 1. The first-order valence-corrected chi connectivity index (χ1v) is 7.33. The molecule has 4 nitrogen and oxygen atoms in total. The van der Waals surface area contributed by atoms with Gasteiger partial charge in [0.2, 0.25) is 0 Å². The van der Waals surface area contributed by atoms with Crippen LogP contribution in [0.3, 0.4) is 0 Å². The van der Waals surface area contributed by atoms with Crippen molar-refractivity contribution in [2.24, 2.45) is 5.73 Å². The van der Waals surface area contributed by atoms with Gasteiger partial charge in [-0.15, -0.1) is 0 Å². The predicted molar refractivity (Wildman–Crippen MR) is 85.0 cm³/mol. The Kier molecular flexibility index (Phi) is 3.71. The van der Waals surface area contributed by atoms with E-state index in [9.17, 15) is 0 Å². The monoisotopic (exact) mass is 280 g/mol. The molecular weight excluding hydrogens is 260 g/mol. The molecule has 4 heteroatoms. The van der Waals surface area contributed by atoms with Gasteiger partial charge in [0.1, 0.15) is 0 Å². The normalized spacial score (nSPS) is 12.7. The number of para-hydroxylation sites is 1. The maximum Gasteiger partial charge on any atom is 0.0757 e. The number of nitrogens with two attached hydrogens (primary N) is 1. The fourth-order valence-corrected chi connectivity index (χ4v) is 2.60. The van der Waals surface area contributed by atoms with Gasteiger partial charge in [0.25, 0.3) is 0 Å². The van der Waals surface area contributed by atoms with E-state index in [1.54, 1.807) is 0 Å². The van der Waals surface area contributed by atoms with Crippen LogP contribution in [0.25, 0.3) is 10.9 Å². The second kappa shape index (κ2) is 5.66. The number of nitrogens with zero attached hydrogens (tertiary/aromatic N) is 3. The number of aromatic nitrogens is 3. The Balaban J connectivity index is 1.98. The molecule has 0 spiro atoms. The van der Waals surface area contributed by atoms with Gasteiger partial charge in [0, 0.05) is 23.7 Å². The van der Waals surface area contributed by atoms with E-state index >= 15 is 0 Å². The van der Waals surface area contributed by atoms with Crippen LogP contribution in [0.15, 0.2) is 42.7 Å². The van der Waals surface area contributed by atoms with Gasteiger partial charge in [-0.2, -0.15) is 5.10 Å². The maximum absolute atomic E-state index is 6.37. The van der Waals surface area contributed by atoms with E-state index in [2.05, 4.69) is 31.1 Å². The van der Waals surface area contributed by atoms with Crippen LogP contribution < -0.4 is 5.73 Å². The van der Waals surface area contributed by atoms with Crippen LogP contribution >= 0.6 is 0 Å². The highest BCUT2D eigenvalue weighted by atomic mass is 15.3. The molecule has 1 unspecified atom stereocenters. The van der Waals surface area contributed by atoms with Crippen molar-refractivity contribution in [1.29, 1.82) is 0 Å². The molecular formula is C17H20N4. The molecule has 3 rings (SSSR count). The van der Waals surface area contributed by atoms with Crippen LogP contribution in [-0.2, 0) is 6.54 Å². The lowest BCUT2D eigenvalue weighted by Gasteiger charge is -2.12. The van der Waals surface area contributed by atoms with Crippen LogP contribution in [0.1, 0.15) is 36.2 Å². The molecule has 3 aromatic rings. The van der Waals surface area contributed by atoms with Crippen LogP contribution in [0, 0.1) is 6.92 Å². The lowest BCUT2D eigenvalue weighted by atomic mass is 10.0. The van der Waals surface area contributed by atoms with E-state index in [1.807, 2.05) is 35.3 Å². The highest BCUT2D eigenvalue weighted by Crippen LogP contribution is 2.23. The Bertz CT molecular complexity index is 760. The van der Waals surface area contributed by atoms with Crippen molar-refractivity contribution < 1.29 is 0 Å². The van der Waals surface area contributed by atoms with Crippen molar-refractivity contribution >= 4 is 10.9 Å². The molecule has 2 aromatic heterocycles. The van der Waals surface area contributed by atoms with Gasteiger partial charge in [-0.25, -0.2) is 0 Å². The zero-order chi connectivity index (χ0) is 14.8. The molecule has 0 bridgehead atoms. The molecule has 0 amide bonds. The van der Waals surface area contributed by atoms with Gasteiger partial charge >= 0.3 is 0 Å². The van der Waals surface area contributed by atoms with E-state index in [0.29, 0.717) is 0 Å². The van der Waals surface area contributed by atoms with E-state index in [-0.39, 0.29) is 6.04 Å². The topological polar surface area (TPSA) is 56.7 Å². The van der Waals surface area contributed by atoms with Crippen molar-refractivity contribution in [3.63, 3.8) is 0 Å². The summed E-state index contributed by atoms with van der Waals surface area (Å²) in [6.07, 6.45) is 4.91. The molecule has 0 aliphatic rings. The number of fused-ring (bicyclic) bond motifs is 1. The molecule has 21 heavy (non-hydrogen) atoms. The number of aryl methyl sites for hydroxylation is 2. The summed E-state index contributed by atoms with van der Waals surface area (Å²) >= 11 is 0. The standard InChI is InChI=1S/C17H20N4/c1-3-8-21-11-13(10-19-21)17(18)16-9-12(2)14-6-4-5-7-15(14)20-16/h4-7,9-11,17H,3,8,18H2,1-2H3. The number of benzene rings is 1. The van der Waals surface area contributed by atoms with Gasteiger partial charge in [0.05, 0.1) is 23.4 Å². The minimum atomic E-state index is -0.237. The van der Waals surface area contributed by atoms with E-state index < -0.39 is 0 Å². The molecule has 108 valence electrons. The van der Waals surface area contributed by atoms with E-state index in [0.717, 1.165) is 29.7 Å². The highest BCUT2D eigenvalue weighted by molar-refractivity contribution is 5.82. The van der Waals surface area contributed by atoms with Crippen LogP contribution in [0.2, 0.25) is 0 Å². The molecule has 0 fully saturated rings. The predicted octanol–water partition coefficient (Wildman–Crippen LogP) is 3.20. The SMILES string of the molecule is CCCn1cc(C(N)c2cc(C)c3ccccc3n2)cn1. The summed E-state index contributed by atoms with van der Waals surface area (Å²) in [5.74, 6) is 0. The van der Waals surface area contributed by atoms with Gasteiger partial charge in [-0.1, -0.05) is 25.1 Å². The van der Waals surface area contributed by atoms with Crippen molar-refractivity contribution in [3.8, 4) is 0 Å². The summed E-state index contributed by atoms with van der Waals surface area (Å²) in [5, 5.41) is 5.52. The summed E-state index contributed by atoms with van der Waals surface area (Å²) < 4.78 is 1.93. The second-order valence-electron chi connectivity index (χ2n) is 5.40. The third-order valence-electron chi connectivity index (χ3n) is 3.73. The zero-order valence-corrected chi connectivity index (χ0v) is 12.5. The van der Waals surface area contributed by atoms with Gasteiger partial charge in [-0.05, 0) is 31.0 Å². The first kappa shape index (κ1) is 13.8. The average molecular weight is 280 g/mol. The molecule has 2 N–H and O–H groups in total. The Hall–Kier alpha value is -2.20. The average Bonchev–Trinajstić information content (AvgIpc) is 2.95. The van der Waals surface area contributed by atoms with Crippen LogP contribution in [0.5, 0.6) is 0 Å². The Morgan fingerprint density at radius 1 is 1.29 bits per heavy atom. The molecule has 0 aliphatic heterocycles. The summed E-state index contributed by atoms with van der Waals surface area (Å²) in [6.45, 7) is 5.15. The molecule has 0 aliphatic carbocycles. The quantitative estimate of drug-likeness (QED) is 0.798. The number of hydrogen-bond acceptors (Lipinski definition) is 3. The van der Waals surface area contributed by atoms with Crippen molar-refractivity contribution in [3.05, 3.63) is 59.5 Å². The maximum atomic E-state index is 6.37. The first-order chi connectivity index (χ1) is 10.2. The lowest BCUT2D eigenvalue weighted by molar-refractivity contribution is 0.601. The smallest absolute Gasteiger partial charge is 0.0757 e. The summed E-state index contributed by atoms with van der Waals surface area (Å²) in [4.78, 5) is 4.71. The van der Waals surface area contributed by atoms with Gasteiger partial charge < -0.3 is 5.73 Å². The minimum absolute atomic E-state index is 0.237. The number of pyridine rings is 1. The molecule has 0 saturated heterocycles. The summed E-state index contributed by atoms with van der Waals surface area (Å²) in [5.41, 5.74) is 10.5. The van der Waals surface area contributed by atoms with Crippen molar-refractivity contribution in [1.82, 2.24) is 14.8 Å². The Labute approximate surface area is 124 Å². The molecule has 0 saturated carbocycles. The van der Waals surface area contributed by atoms with Crippen molar-refractivity contribution in [2.75, 3.05) is 0 Å². The first-order valence-electron chi connectivity index (χ1n) is 7.33. The largest absolute Gasteiger partial charge is 0.319 e. The number of rotatable bonds is 4. The van der Waals surface area contributed by atoms with Crippen LogP contribution in [0.4, 0.5) is 0 Å². The fraction of sp³-hybridized carbons (Fsp3) is 0.294. The van der Waals surface area contributed by atoms with Gasteiger partial charge in [0.15, 0.2) is 0 Å². The third kappa shape index (κ3) is 2.67. The van der Waals surface area contributed by atoms with E-state index in [4.69, 9.17) is 10.7 Å². The van der Waals surface area contributed by atoms with Crippen LogP contribution in [-0.4, -0.2) is 14.8 Å². The van der Waals surface area contributed by atoms with Crippen molar-refractivity contribution in [2.45, 2.75) is 32.9 Å². The molecule has 0 radical (unpaired) electrons. The second-order valence-corrected chi connectivity index (χ2v) is 5.40. The van der Waals surface area contributed by atoms with Gasteiger partial charge in [-0.3, -0.25) is 9.67 Å². The fourth-order valence-electron chi connectivity index (χ4n) is 2.60.